The number of anilines is 1. The van der Waals surface area contributed by atoms with Crippen molar-refractivity contribution in [2.75, 3.05) is 23.7 Å². The van der Waals surface area contributed by atoms with E-state index in [1.807, 2.05) is 25.1 Å². The summed E-state index contributed by atoms with van der Waals surface area (Å²) in [7, 11) is -3.87. The Hall–Kier alpha value is -3.27. The van der Waals surface area contributed by atoms with Crippen LogP contribution in [0, 0.1) is 0 Å². The van der Waals surface area contributed by atoms with Crippen molar-refractivity contribution < 1.29 is 22.7 Å². The highest BCUT2D eigenvalue weighted by Crippen LogP contribution is 2.27. The van der Waals surface area contributed by atoms with Gasteiger partial charge in [0.2, 0.25) is 21.8 Å². The predicted octanol–water partition coefficient (Wildman–Crippen LogP) is 6.28. The highest BCUT2D eigenvalue weighted by atomic mass is 35.5. The highest BCUT2D eigenvalue weighted by molar-refractivity contribution is 7.92. The number of benzene rings is 3. The van der Waals surface area contributed by atoms with Crippen LogP contribution >= 0.6 is 23.2 Å². The molecule has 0 aliphatic rings. The fraction of sp³-hybridized carbons (Fsp3) is 0.333. The Labute approximate surface area is 252 Å². The molecule has 0 heterocycles. The third-order valence-electron chi connectivity index (χ3n) is 6.35. The van der Waals surface area contributed by atoms with Gasteiger partial charge in [-0.3, -0.25) is 13.9 Å². The molecule has 3 aromatic carbocycles. The monoisotopic (exact) mass is 619 g/mol. The maximum atomic E-state index is 13.8. The largest absolute Gasteiger partial charge is 0.457 e. The number of sulfonamides is 1. The van der Waals surface area contributed by atoms with Crippen LogP contribution in [0.3, 0.4) is 0 Å². The zero-order valence-electron chi connectivity index (χ0n) is 23.3. The van der Waals surface area contributed by atoms with Crippen LogP contribution < -0.4 is 14.4 Å². The molecule has 0 spiro atoms. The Kier molecular flexibility index (Phi) is 11.9. The number of carbonyl (C=O) groups excluding carboxylic acids is 2. The number of nitrogens with one attached hydrogen (secondary N) is 1. The van der Waals surface area contributed by atoms with Gasteiger partial charge < -0.3 is 15.0 Å². The van der Waals surface area contributed by atoms with Gasteiger partial charge in [-0.1, -0.05) is 67.7 Å². The molecule has 220 valence electrons. The molecule has 3 rings (SSSR count). The lowest BCUT2D eigenvalue weighted by molar-refractivity contribution is -0.140. The molecular weight excluding hydrogens is 585 g/mol. The minimum Gasteiger partial charge on any atom is -0.457 e. The first-order chi connectivity index (χ1) is 19.5. The van der Waals surface area contributed by atoms with Gasteiger partial charge in [0.1, 0.15) is 24.1 Å². The number of hydrogen-bond acceptors (Lipinski definition) is 5. The smallest absolute Gasteiger partial charge is 0.244 e. The zero-order chi connectivity index (χ0) is 30.0. The normalized spacial score (nSPS) is 11.9. The van der Waals surface area contributed by atoms with Crippen LogP contribution in [0.15, 0.2) is 72.8 Å². The molecule has 11 heteroatoms. The predicted molar refractivity (Wildman–Crippen MR) is 164 cm³/mol. The average molecular weight is 621 g/mol. The molecule has 0 fully saturated rings. The average Bonchev–Trinajstić information content (AvgIpc) is 2.93. The maximum Gasteiger partial charge on any atom is 0.244 e. The van der Waals surface area contributed by atoms with E-state index in [4.69, 9.17) is 27.9 Å². The molecule has 0 saturated heterocycles. The van der Waals surface area contributed by atoms with Crippen LogP contribution in [0.5, 0.6) is 11.5 Å². The minimum absolute atomic E-state index is 0.00397. The van der Waals surface area contributed by atoms with E-state index in [1.165, 1.54) is 4.90 Å². The molecule has 3 aromatic rings. The molecule has 0 radical (unpaired) electrons. The van der Waals surface area contributed by atoms with Crippen molar-refractivity contribution in [3.05, 3.63) is 88.4 Å². The van der Waals surface area contributed by atoms with E-state index >= 15 is 0 Å². The minimum atomic E-state index is -3.87. The van der Waals surface area contributed by atoms with Gasteiger partial charge in [-0.05, 0) is 66.9 Å². The summed E-state index contributed by atoms with van der Waals surface area (Å²) >= 11 is 12.5. The Morgan fingerprint density at radius 2 is 1.61 bits per heavy atom. The van der Waals surface area contributed by atoms with Crippen LogP contribution in [0.1, 0.15) is 38.7 Å². The quantitative estimate of drug-likeness (QED) is 0.214. The fourth-order valence-corrected chi connectivity index (χ4v) is 5.50. The number of nitrogens with zero attached hydrogens (tertiary/aromatic N) is 2. The van der Waals surface area contributed by atoms with Gasteiger partial charge in [-0.25, -0.2) is 8.42 Å². The summed E-state index contributed by atoms with van der Waals surface area (Å²) in [6, 6.07) is 19.6. The Balaban J connectivity index is 1.90. The van der Waals surface area contributed by atoms with Crippen LogP contribution in [0.4, 0.5) is 5.69 Å². The highest BCUT2D eigenvalue weighted by Gasteiger charge is 2.32. The SMILES string of the molecule is CCCCNC(=O)[C@@H](CC)N(Cc1ccc(Cl)cc1Cl)C(=O)CN(c1ccc(Oc2ccccc2)cc1)S(C)(=O)=O. The third-order valence-corrected chi connectivity index (χ3v) is 8.08. The Morgan fingerprint density at radius 3 is 2.20 bits per heavy atom. The number of ether oxygens (including phenoxy) is 1. The standard InChI is InChI=1S/C30H35Cl2N3O5S/c1-4-6-18-33-30(37)28(5-2)34(20-22-12-13-23(31)19-27(22)32)29(36)21-35(41(3,38)39)24-14-16-26(17-15-24)40-25-10-8-7-9-11-25/h7-17,19,28H,4-6,18,20-21H2,1-3H3,(H,33,37)/t28-/m1/s1. The number of unbranched alkanes of at least 4 members (excludes halogenated alkanes) is 1. The number of hydrogen-bond donors (Lipinski definition) is 1. The van der Waals surface area contributed by atoms with Gasteiger partial charge in [-0.15, -0.1) is 0 Å². The summed E-state index contributed by atoms with van der Waals surface area (Å²) in [5, 5.41) is 3.66. The van der Waals surface area contributed by atoms with Crippen LogP contribution in [0.2, 0.25) is 10.0 Å². The van der Waals surface area contributed by atoms with E-state index in [1.54, 1.807) is 61.5 Å². The number of para-hydroxylation sites is 1. The molecular formula is C30H35Cl2N3O5S. The Bertz CT molecular complexity index is 1420. The summed E-state index contributed by atoms with van der Waals surface area (Å²) in [5.41, 5.74) is 0.865. The fourth-order valence-electron chi connectivity index (χ4n) is 4.18. The van der Waals surface area contributed by atoms with Gasteiger partial charge in [0.25, 0.3) is 0 Å². The van der Waals surface area contributed by atoms with Gasteiger partial charge in [0.15, 0.2) is 0 Å². The van der Waals surface area contributed by atoms with Gasteiger partial charge in [0, 0.05) is 23.1 Å². The first-order valence-corrected chi connectivity index (χ1v) is 16.0. The van der Waals surface area contributed by atoms with E-state index in [-0.39, 0.29) is 18.1 Å². The lowest BCUT2D eigenvalue weighted by atomic mass is 10.1. The van der Waals surface area contributed by atoms with Crippen molar-refractivity contribution in [2.24, 2.45) is 0 Å². The molecule has 8 nitrogen and oxygen atoms in total. The van der Waals surface area contributed by atoms with Crippen molar-refractivity contribution in [3.8, 4) is 11.5 Å². The van der Waals surface area contributed by atoms with Crippen molar-refractivity contribution in [1.29, 1.82) is 0 Å². The second-order valence-electron chi connectivity index (χ2n) is 9.50. The van der Waals surface area contributed by atoms with Crippen LogP contribution in [0.25, 0.3) is 0 Å². The van der Waals surface area contributed by atoms with E-state index in [2.05, 4.69) is 5.32 Å². The number of halogens is 2. The second kappa shape index (κ2) is 15.1. The van der Waals surface area contributed by atoms with Crippen molar-refractivity contribution in [2.45, 2.75) is 45.7 Å². The molecule has 0 saturated carbocycles. The third kappa shape index (κ3) is 9.38. The molecule has 1 atom stereocenters. The molecule has 0 bridgehead atoms. The van der Waals surface area contributed by atoms with Crippen LogP contribution in [-0.4, -0.2) is 50.5 Å². The van der Waals surface area contributed by atoms with Crippen molar-refractivity contribution >= 4 is 50.7 Å². The summed E-state index contributed by atoms with van der Waals surface area (Å²) in [4.78, 5) is 28.4. The molecule has 1 N–H and O–H groups in total. The van der Waals surface area contributed by atoms with E-state index in [0.717, 1.165) is 23.4 Å². The summed E-state index contributed by atoms with van der Waals surface area (Å²) in [5.74, 6) is 0.277. The lowest BCUT2D eigenvalue weighted by Crippen LogP contribution is -2.52. The summed E-state index contributed by atoms with van der Waals surface area (Å²) < 4.78 is 32.6. The number of rotatable bonds is 14. The first kappa shape index (κ1) is 32.2. The Morgan fingerprint density at radius 1 is 0.951 bits per heavy atom. The van der Waals surface area contributed by atoms with Gasteiger partial charge in [-0.2, -0.15) is 0 Å². The number of amides is 2. The molecule has 0 aliphatic carbocycles. The lowest BCUT2D eigenvalue weighted by Gasteiger charge is -2.33. The molecule has 41 heavy (non-hydrogen) atoms. The van der Waals surface area contributed by atoms with Gasteiger partial charge >= 0.3 is 0 Å². The van der Waals surface area contributed by atoms with Crippen molar-refractivity contribution in [1.82, 2.24) is 10.2 Å². The molecule has 0 aromatic heterocycles. The molecule has 0 unspecified atom stereocenters. The van der Waals surface area contributed by atoms with Gasteiger partial charge in [0.05, 0.1) is 11.9 Å². The first-order valence-electron chi connectivity index (χ1n) is 13.3. The molecule has 2 amide bonds. The molecule has 0 aliphatic heterocycles. The summed E-state index contributed by atoms with van der Waals surface area (Å²) in [6.07, 6.45) is 3.05. The second-order valence-corrected chi connectivity index (χ2v) is 12.3. The van der Waals surface area contributed by atoms with E-state index < -0.39 is 28.5 Å². The maximum absolute atomic E-state index is 13.8. The summed E-state index contributed by atoms with van der Waals surface area (Å²) in [6.45, 7) is 3.77. The zero-order valence-corrected chi connectivity index (χ0v) is 25.7. The number of carbonyl (C=O) groups is 2. The topological polar surface area (TPSA) is 96.0 Å². The van der Waals surface area contributed by atoms with E-state index in [0.29, 0.717) is 40.1 Å². The van der Waals surface area contributed by atoms with Crippen molar-refractivity contribution in [3.63, 3.8) is 0 Å². The van der Waals surface area contributed by atoms with Crippen LogP contribution in [-0.2, 0) is 26.2 Å². The van der Waals surface area contributed by atoms with E-state index in [9.17, 15) is 18.0 Å².